The minimum atomic E-state index is -0.143. The third-order valence-electron chi connectivity index (χ3n) is 4.62. The van der Waals surface area contributed by atoms with Gasteiger partial charge in [-0.05, 0) is 59.9 Å². The van der Waals surface area contributed by atoms with Gasteiger partial charge in [-0.3, -0.25) is 0 Å². The number of rotatable bonds is 4. The summed E-state index contributed by atoms with van der Waals surface area (Å²) < 4.78 is 2.88. The molecule has 3 aromatic rings. The highest BCUT2D eigenvalue weighted by atomic mass is 79.9. The van der Waals surface area contributed by atoms with E-state index in [1.54, 1.807) is 10.9 Å². The van der Waals surface area contributed by atoms with Gasteiger partial charge in [-0.25, -0.2) is 9.48 Å². The number of carbonyl (C=O) groups excluding carboxylic acids is 1. The largest absolute Gasteiger partial charge is 0.334 e. The van der Waals surface area contributed by atoms with Crippen molar-refractivity contribution in [2.75, 3.05) is 0 Å². The molecular weight excluding hydrogens is 392 g/mol. The van der Waals surface area contributed by atoms with Gasteiger partial charge < -0.3 is 10.6 Å². The molecule has 0 aliphatic heterocycles. The molecule has 1 aliphatic carbocycles. The molecular formula is C20H19BrN4O. The van der Waals surface area contributed by atoms with Gasteiger partial charge in [0.1, 0.15) is 0 Å². The van der Waals surface area contributed by atoms with E-state index in [0.29, 0.717) is 6.54 Å². The van der Waals surface area contributed by atoms with Crippen molar-refractivity contribution in [2.45, 2.75) is 25.4 Å². The zero-order valence-electron chi connectivity index (χ0n) is 14.2. The molecule has 0 radical (unpaired) electrons. The standard InChI is InChI=1S/C20H19BrN4O/c21-16-6-7-18-15(12-16)5-8-19(18)24-20(26)22-13-14-3-1-4-17(11-14)25-10-2-9-23-25/h1-4,6-7,9-12,19H,5,8,13H2,(H2,22,24,26). The Morgan fingerprint density at radius 1 is 1.23 bits per heavy atom. The summed E-state index contributed by atoms with van der Waals surface area (Å²) in [6.45, 7) is 0.473. The Morgan fingerprint density at radius 2 is 2.15 bits per heavy atom. The second kappa shape index (κ2) is 7.33. The Morgan fingerprint density at radius 3 is 3.00 bits per heavy atom. The topological polar surface area (TPSA) is 59.0 Å². The third kappa shape index (κ3) is 3.65. The van der Waals surface area contributed by atoms with Crippen molar-refractivity contribution in [3.63, 3.8) is 0 Å². The molecule has 2 aromatic carbocycles. The molecule has 2 N–H and O–H groups in total. The van der Waals surface area contributed by atoms with Crippen LogP contribution >= 0.6 is 15.9 Å². The van der Waals surface area contributed by atoms with Crippen molar-refractivity contribution >= 4 is 22.0 Å². The maximum Gasteiger partial charge on any atom is 0.315 e. The Bertz CT molecular complexity index is 923. The molecule has 26 heavy (non-hydrogen) atoms. The van der Waals surface area contributed by atoms with Crippen LogP contribution in [-0.2, 0) is 13.0 Å². The molecule has 2 amide bonds. The Kier molecular flexibility index (Phi) is 4.75. The second-order valence-corrected chi connectivity index (χ2v) is 7.30. The van der Waals surface area contributed by atoms with Crippen molar-refractivity contribution in [3.05, 3.63) is 82.1 Å². The van der Waals surface area contributed by atoms with Crippen LogP contribution in [0.3, 0.4) is 0 Å². The van der Waals surface area contributed by atoms with Gasteiger partial charge in [-0.1, -0.05) is 34.1 Å². The van der Waals surface area contributed by atoms with E-state index >= 15 is 0 Å². The van der Waals surface area contributed by atoms with Crippen LogP contribution in [0.4, 0.5) is 4.79 Å². The Labute approximate surface area is 160 Å². The SMILES string of the molecule is O=C(NCc1cccc(-n2cccn2)c1)NC1CCc2cc(Br)ccc21. The van der Waals surface area contributed by atoms with Gasteiger partial charge in [0.15, 0.2) is 0 Å². The quantitative estimate of drug-likeness (QED) is 0.679. The number of carbonyl (C=O) groups is 1. The molecule has 6 heteroatoms. The molecule has 0 fully saturated rings. The van der Waals surface area contributed by atoms with Crippen molar-refractivity contribution in [1.82, 2.24) is 20.4 Å². The molecule has 1 atom stereocenters. The van der Waals surface area contributed by atoms with Crippen molar-refractivity contribution in [2.24, 2.45) is 0 Å². The predicted molar refractivity (Wildman–Crippen MR) is 104 cm³/mol. The fourth-order valence-corrected chi connectivity index (χ4v) is 3.77. The van der Waals surface area contributed by atoms with Crippen molar-refractivity contribution in [1.29, 1.82) is 0 Å². The summed E-state index contributed by atoms with van der Waals surface area (Å²) in [5, 5.41) is 10.3. The molecule has 132 valence electrons. The number of hydrogen-bond donors (Lipinski definition) is 2. The van der Waals surface area contributed by atoms with Gasteiger partial charge in [-0.15, -0.1) is 0 Å². The van der Waals surface area contributed by atoms with Crippen molar-refractivity contribution in [3.8, 4) is 5.69 Å². The average molecular weight is 411 g/mol. The first-order valence-corrected chi connectivity index (χ1v) is 9.40. The molecule has 0 bridgehead atoms. The Hall–Kier alpha value is -2.60. The Balaban J connectivity index is 1.36. The lowest BCUT2D eigenvalue weighted by atomic mass is 10.1. The number of urea groups is 1. The normalized spacial score (nSPS) is 15.5. The lowest BCUT2D eigenvalue weighted by molar-refractivity contribution is 0.236. The van der Waals surface area contributed by atoms with Crippen molar-refractivity contribution < 1.29 is 4.79 Å². The van der Waals surface area contributed by atoms with E-state index in [1.807, 2.05) is 42.6 Å². The van der Waals surface area contributed by atoms with E-state index in [0.717, 1.165) is 28.6 Å². The van der Waals surface area contributed by atoms with Crippen LogP contribution in [0.1, 0.15) is 29.2 Å². The highest BCUT2D eigenvalue weighted by molar-refractivity contribution is 9.10. The van der Waals surface area contributed by atoms with E-state index in [-0.39, 0.29) is 12.1 Å². The minimum Gasteiger partial charge on any atom is -0.334 e. The molecule has 1 heterocycles. The van der Waals surface area contributed by atoms with Gasteiger partial charge in [0.2, 0.25) is 0 Å². The van der Waals surface area contributed by atoms with Crippen LogP contribution in [0.25, 0.3) is 5.69 Å². The second-order valence-electron chi connectivity index (χ2n) is 6.38. The first-order chi connectivity index (χ1) is 12.7. The first-order valence-electron chi connectivity index (χ1n) is 8.61. The number of hydrogen-bond acceptors (Lipinski definition) is 2. The zero-order valence-corrected chi connectivity index (χ0v) is 15.7. The molecule has 5 nitrogen and oxygen atoms in total. The van der Waals surface area contributed by atoms with Gasteiger partial charge >= 0.3 is 6.03 Å². The summed E-state index contributed by atoms with van der Waals surface area (Å²) >= 11 is 3.50. The van der Waals surface area contributed by atoms with Crippen LogP contribution in [0.5, 0.6) is 0 Å². The number of halogens is 1. The average Bonchev–Trinajstić information content (AvgIpc) is 3.31. The predicted octanol–water partition coefficient (Wildman–Crippen LogP) is 4.12. The van der Waals surface area contributed by atoms with Gasteiger partial charge in [0, 0.05) is 23.4 Å². The minimum absolute atomic E-state index is 0.0773. The molecule has 1 unspecified atom stereocenters. The van der Waals surface area contributed by atoms with E-state index < -0.39 is 0 Å². The number of nitrogens with one attached hydrogen (secondary N) is 2. The van der Waals surface area contributed by atoms with Crippen LogP contribution in [0.15, 0.2) is 65.4 Å². The summed E-state index contributed by atoms with van der Waals surface area (Å²) in [6, 6.07) is 16.0. The van der Waals surface area contributed by atoms with Gasteiger partial charge in [0.25, 0.3) is 0 Å². The number of benzene rings is 2. The summed E-state index contributed by atoms with van der Waals surface area (Å²) in [5.41, 5.74) is 4.52. The molecule has 0 saturated heterocycles. The summed E-state index contributed by atoms with van der Waals surface area (Å²) in [5.74, 6) is 0. The van der Waals surface area contributed by atoms with E-state index in [2.05, 4.69) is 43.8 Å². The number of aryl methyl sites for hydroxylation is 1. The smallest absolute Gasteiger partial charge is 0.315 e. The molecule has 0 spiro atoms. The number of nitrogens with zero attached hydrogens (tertiary/aromatic N) is 2. The molecule has 0 saturated carbocycles. The van der Waals surface area contributed by atoms with Crippen LogP contribution in [0, 0.1) is 0 Å². The fraction of sp³-hybridized carbons (Fsp3) is 0.200. The summed E-state index contributed by atoms with van der Waals surface area (Å²) in [4.78, 5) is 12.3. The molecule has 1 aliphatic rings. The summed E-state index contributed by atoms with van der Waals surface area (Å²) in [7, 11) is 0. The molecule has 1 aromatic heterocycles. The van der Waals surface area contributed by atoms with E-state index in [1.165, 1.54) is 11.1 Å². The van der Waals surface area contributed by atoms with Gasteiger partial charge in [0.05, 0.1) is 11.7 Å². The van der Waals surface area contributed by atoms with Crippen LogP contribution in [-0.4, -0.2) is 15.8 Å². The zero-order chi connectivity index (χ0) is 17.9. The fourth-order valence-electron chi connectivity index (χ4n) is 3.36. The lowest BCUT2D eigenvalue weighted by Gasteiger charge is -2.15. The summed E-state index contributed by atoms with van der Waals surface area (Å²) in [6.07, 6.45) is 5.57. The highest BCUT2D eigenvalue weighted by Gasteiger charge is 2.23. The molecule has 4 rings (SSSR count). The van der Waals surface area contributed by atoms with E-state index in [4.69, 9.17) is 0 Å². The van der Waals surface area contributed by atoms with Crippen LogP contribution in [0.2, 0.25) is 0 Å². The maximum absolute atomic E-state index is 12.3. The highest BCUT2D eigenvalue weighted by Crippen LogP contribution is 2.32. The number of aromatic nitrogens is 2. The first kappa shape index (κ1) is 16.8. The van der Waals surface area contributed by atoms with E-state index in [9.17, 15) is 4.79 Å². The maximum atomic E-state index is 12.3. The third-order valence-corrected chi connectivity index (χ3v) is 5.11. The number of amides is 2. The van der Waals surface area contributed by atoms with Gasteiger partial charge in [-0.2, -0.15) is 5.10 Å². The number of fused-ring (bicyclic) bond motifs is 1. The lowest BCUT2D eigenvalue weighted by Crippen LogP contribution is -2.36. The van der Waals surface area contributed by atoms with Crippen LogP contribution < -0.4 is 10.6 Å². The monoisotopic (exact) mass is 410 g/mol.